The summed E-state index contributed by atoms with van der Waals surface area (Å²) < 4.78 is 0. The molecular formula is C23H50N2. The summed E-state index contributed by atoms with van der Waals surface area (Å²) in [6.07, 6.45) is 12.4. The van der Waals surface area contributed by atoms with Gasteiger partial charge in [0.25, 0.3) is 0 Å². The van der Waals surface area contributed by atoms with E-state index in [4.69, 9.17) is 5.73 Å². The Morgan fingerprint density at radius 3 is 1.84 bits per heavy atom. The Hall–Kier alpha value is -0.890. The van der Waals surface area contributed by atoms with Crippen molar-refractivity contribution < 1.29 is 0 Å². The standard InChI is InChI=1S/C11H19N.C6H15N.C4H10.C2H6/c1-5-7-9-11(4)12-10(3)8-6-2;1-3-6(2)4-5-7;1-3-4-2;1-2/h7,9H,3,5-6,8H2,1-2,4H3;6H,3-5,7H2,1-2H3;3-4H2,1-2H3;1-2H3/b9-7-,12-11?;;;. The van der Waals surface area contributed by atoms with Crippen LogP contribution in [0.2, 0.25) is 0 Å². The van der Waals surface area contributed by atoms with Crippen molar-refractivity contribution in [1.29, 1.82) is 0 Å². The SMILES string of the molecule is C=C(CCC)N=C(C)/C=C\CC.CC.CCC(C)CCN.CCCC. The van der Waals surface area contributed by atoms with Gasteiger partial charge in [-0.25, -0.2) is 0 Å². The number of aliphatic imine (C=N–C) groups is 1. The molecule has 2 N–H and O–H groups in total. The first-order valence-corrected chi connectivity index (χ1v) is 10.5. The second-order valence-electron chi connectivity index (χ2n) is 5.97. The zero-order valence-corrected chi connectivity index (χ0v) is 19.1. The Bertz CT molecular complexity index is 288. The summed E-state index contributed by atoms with van der Waals surface area (Å²) in [5.41, 5.74) is 7.34. The molecule has 0 rings (SSSR count). The van der Waals surface area contributed by atoms with E-state index in [9.17, 15) is 0 Å². The molecular weight excluding hydrogens is 304 g/mol. The van der Waals surface area contributed by atoms with Crippen LogP contribution < -0.4 is 5.73 Å². The molecule has 0 amide bonds. The molecule has 2 heteroatoms. The second kappa shape index (κ2) is 30.9. The quantitative estimate of drug-likeness (QED) is 0.419. The summed E-state index contributed by atoms with van der Waals surface area (Å²) in [5.74, 6) is 0.824. The van der Waals surface area contributed by atoms with Crippen LogP contribution in [0.25, 0.3) is 0 Å². The van der Waals surface area contributed by atoms with E-state index in [1.807, 2.05) is 26.8 Å². The van der Waals surface area contributed by atoms with E-state index in [0.29, 0.717) is 0 Å². The highest BCUT2D eigenvalue weighted by Gasteiger charge is 1.92. The highest BCUT2D eigenvalue weighted by Crippen LogP contribution is 2.04. The van der Waals surface area contributed by atoms with Crippen LogP contribution in [-0.4, -0.2) is 12.3 Å². The predicted molar refractivity (Wildman–Crippen MR) is 122 cm³/mol. The van der Waals surface area contributed by atoms with Gasteiger partial charge in [-0.05, 0) is 44.7 Å². The van der Waals surface area contributed by atoms with Crippen LogP contribution in [-0.2, 0) is 0 Å². The van der Waals surface area contributed by atoms with Crippen molar-refractivity contribution in [2.75, 3.05) is 6.54 Å². The van der Waals surface area contributed by atoms with Crippen molar-refractivity contribution >= 4 is 5.71 Å². The van der Waals surface area contributed by atoms with Gasteiger partial charge in [-0.15, -0.1) is 0 Å². The van der Waals surface area contributed by atoms with Gasteiger partial charge >= 0.3 is 0 Å². The van der Waals surface area contributed by atoms with Crippen molar-refractivity contribution in [3.8, 4) is 0 Å². The molecule has 0 aromatic heterocycles. The number of unbranched alkanes of at least 4 members (excludes halogenated alkanes) is 1. The molecule has 0 aromatic carbocycles. The predicted octanol–water partition coefficient (Wildman–Crippen LogP) is 7.94. The summed E-state index contributed by atoms with van der Waals surface area (Å²) in [4.78, 5) is 4.34. The molecule has 0 heterocycles. The summed E-state index contributed by atoms with van der Waals surface area (Å²) in [7, 11) is 0. The van der Waals surface area contributed by atoms with E-state index < -0.39 is 0 Å². The van der Waals surface area contributed by atoms with E-state index >= 15 is 0 Å². The summed E-state index contributed by atoms with van der Waals surface area (Å²) in [6, 6.07) is 0. The number of hydrogen-bond donors (Lipinski definition) is 1. The average molecular weight is 355 g/mol. The van der Waals surface area contributed by atoms with Crippen molar-refractivity contribution in [3.63, 3.8) is 0 Å². The highest BCUT2D eigenvalue weighted by molar-refractivity contribution is 5.93. The highest BCUT2D eigenvalue weighted by atomic mass is 14.7. The maximum Gasteiger partial charge on any atom is 0.0372 e. The molecule has 0 spiro atoms. The van der Waals surface area contributed by atoms with Crippen LogP contribution in [0.5, 0.6) is 0 Å². The fraction of sp³-hybridized carbons (Fsp3) is 0.783. The van der Waals surface area contributed by atoms with Crippen LogP contribution in [0, 0.1) is 5.92 Å². The van der Waals surface area contributed by atoms with E-state index in [2.05, 4.69) is 59.2 Å². The van der Waals surface area contributed by atoms with Crippen LogP contribution >= 0.6 is 0 Å². The zero-order chi connectivity index (χ0) is 20.5. The Kier molecular flexibility index (Phi) is 39.4. The van der Waals surface area contributed by atoms with Crippen LogP contribution in [0.3, 0.4) is 0 Å². The number of hydrogen-bond acceptors (Lipinski definition) is 2. The van der Waals surface area contributed by atoms with Crippen molar-refractivity contribution in [3.05, 3.63) is 24.4 Å². The summed E-state index contributed by atoms with van der Waals surface area (Å²) in [5, 5.41) is 0. The lowest BCUT2D eigenvalue weighted by molar-refractivity contribution is 0.524. The molecule has 2 nitrogen and oxygen atoms in total. The van der Waals surface area contributed by atoms with Crippen LogP contribution in [0.15, 0.2) is 29.4 Å². The topological polar surface area (TPSA) is 38.4 Å². The number of allylic oxidation sites excluding steroid dienone is 3. The first-order valence-electron chi connectivity index (χ1n) is 10.5. The molecule has 152 valence electrons. The lowest BCUT2D eigenvalue weighted by atomic mass is 10.1. The maximum atomic E-state index is 5.30. The van der Waals surface area contributed by atoms with Gasteiger partial charge in [0.1, 0.15) is 0 Å². The van der Waals surface area contributed by atoms with Gasteiger partial charge < -0.3 is 5.73 Å². The zero-order valence-electron chi connectivity index (χ0n) is 19.1. The number of nitrogens with zero attached hydrogens (tertiary/aromatic N) is 1. The number of rotatable bonds is 9. The van der Waals surface area contributed by atoms with Gasteiger partial charge in [0.05, 0.1) is 0 Å². The molecule has 0 aliphatic carbocycles. The summed E-state index contributed by atoms with van der Waals surface area (Å²) >= 11 is 0. The first-order chi connectivity index (χ1) is 11.9. The van der Waals surface area contributed by atoms with E-state index in [1.54, 1.807) is 0 Å². The van der Waals surface area contributed by atoms with Crippen LogP contribution in [0.4, 0.5) is 0 Å². The van der Waals surface area contributed by atoms with Gasteiger partial charge in [-0.1, -0.05) is 93.7 Å². The maximum absolute atomic E-state index is 5.30. The van der Waals surface area contributed by atoms with Gasteiger partial charge in [0, 0.05) is 11.4 Å². The molecule has 1 unspecified atom stereocenters. The lowest BCUT2D eigenvalue weighted by Gasteiger charge is -2.02. The third kappa shape index (κ3) is 39.7. The Labute approximate surface area is 161 Å². The van der Waals surface area contributed by atoms with E-state index in [1.165, 1.54) is 25.7 Å². The van der Waals surface area contributed by atoms with Gasteiger partial charge in [0.15, 0.2) is 0 Å². The normalized spacial score (nSPS) is 11.4. The third-order valence-corrected chi connectivity index (χ3v) is 3.32. The number of nitrogens with two attached hydrogens (primary N) is 1. The molecule has 0 radical (unpaired) electrons. The van der Waals surface area contributed by atoms with Gasteiger partial charge in [0.2, 0.25) is 0 Å². The van der Waals surface area contributed by atoms with Crippen molar-refractivity contribution in [1.82, 2.24) is 0 Å². The molecule has 0 fully saturated rings. The Morgan fingerprint density at radius 2 is 1.56 bits per heavy atom. The minimum atomic E-state index is 0.824. The van der Waals surface area contributed by atoms with Gasteiger partial charge in [-0.3, -0.25) is 4.99 Å². The molecule has 0 aromatic rings. The monoisotopic (exact) mass is 354 g/mol. The van der Waals surface area contributed by atoms with E-state index in [-0.39, 0.29) is 0 Å². The fourth-order valence-electron chi connectivity index (χ4n) is 1.41. The fourth-order valence-corrected chi connectivity index (χ4v) is 1.41. The largest absolute Gasteiger partial charge is 0.330 e. The first kappa shape index (κ1) is 31.8. The summed E-state index contributed by atoms with van der Waals surface area (Å²) in [6.45, 7) is 23.8. The van der Waals surface area contributed by atoms with Crippen molar-refractivity contribution in [2.24, 2.45) is 16.6 Å². The van der Waals surface area contributed by atoms with Crippen molar-refractivity contribution in [2.45, 2.75) is 107 Å². The molecule has 1 atom stereocenters. The average Bonchev–Trinajstić information content (AvgIpc) is 2.62. The minimum Gasteiger partial charge on any atom is -0.330 e. The van der Waals surface area contributed by atoms with Gasteiger partial charge in [-0.2, -0.15) is 0 Å². The lowest BCUT2D eigenvalue weighted by Crippen LogP contribution is -2.04. The Morgan fingerprint density at radius 1 is 1.04 bits per heavy atom. The smallest absolute Gasteiger partial charge is 0.0372 e. The molecule has 0 aliphatic heterocycles. The Balaban J connectivity index is -0.000000143. The molecule has 0 saturated carbocycles. The molecule has 0 saturated heterocycles. The van der Waals surface area contributed by atoms with E-state index in [0.717, 1.165) is 43.1 Å². The minimum absolute atomic E-state index is 0.824. The molecule has 25 heavy (non-hydrogen) atoms. The van der Waals surface area contributed by atoms with Crippen LogP contribution in [0.1, 0.15) is 107 Å². The third-order valence-electron chi connectivity index (χ3n) is 3.32. The molecule has 0 aliphatic rings. The second-order valence-corrected chi connectivity index (χ2v) is 5.97. The molecule has 0 bridgehead atoms.